The van der Waals surface area contributed by atoms with Crippen LogP contribution < -0.4 is 5.73 Å². The molecular weight excluding hydrogens is 233 g/mol. The van der Waals surface area contributed by atoms with Crippen LogP contribution in [0.2, 0.25) is 0 Å². The molecule has 0 aromatic heterocycles. The average Bonchev–Trinajstić information content (AvgIpc) is 2.18. The van der Waals surface area contributed by atoms with Gasteiger partial charge in [0.1, 0.15) is 17.0 Å². The van der Waals surface area contributed by atoms with E-state index in [1.54, 1.807) is 45.9 Å². The molecule has 0 spiro atoms. The molecule has 0 radical (unpaired) electrons. The third-order valence-corrected chi connectivity index (χ3v) is 2.38. The van der Waals surface area contributed by atoms with E-state index in [0.717, 1.165) is 0 Å². The number of ether oxygens (including phenoxy) is 1. The summed E-state index contributed by atoms with van der Waals surface area (Å²) in [4.78, 5) is 11.9. The quantitative estimate of drug-likeness (QED) is 0.842. The SMILES string of the molecule is CC(C)(C)OC(=O)[C@@](C)(N)Cc1ccccc1F. The van der Waals surface area contributed by atoms with Crippen LogP contribution in [0.4, 0.5) is 4.39 Å². The van der Waals surface area contributed by atoms with Gasteiger partial charge in [0.15, 0.2) is 0 Å². The van der Waals surface area contributed by atoms with Crippen LogP contribution in [0.3, 0.4) is 0 Å². The zero-order chi connectivity index (χ0) is 14.0. The van der Waals surface area contributed by atoms with E-state index in [9.17, 15) is 9.18 Å². The molecule has 4 heteroatoms. The Morgan fingerprint density at radius 1 is 1.28 bits per heavy atom. The highest BCUT2D eigenvalue weighted by atomic mass is 19.1. The molecule has 0 saturated carbocycles. The number of hydrogen-bond acceptors (Lipinski definition) is 3. The van der Waals surface area contributed by atoms with Crippen LogP contribution in [0, 0.1) is 5.82 Å². The minimum absolute atomic E-state index is 0.106. The lowest BCUT2D eigenvalue weighted by atomic mass is 9.93. The van der Waals surface area contributed by atoms with Gasteiger partial charge in [-0.1, -0.05) is 18.2 Å². The fourth-order valence-corrected chi connectivity index (χ4v) is 1.50. The molecule has 0 aliphatic heterocycles. The normalized spacial score (nSPS) is 15.0. The van der Waals surface area contributed by atoms with Gasteiger partial charge in [-0.15, -0.1) is 0 Å². The molecule has 18 heavy (non-hydrogen) atoms. The summed E-state index contributed by atoms with van der Waals surface area (Å²) in [5, 5.41) is 0. The van der Waals surface area contributed by atoms with Crippen molar-refractivity contribution in [2.45, 2.75) is 45.3 Å². The van der Waals surface area contributed by atoms with E-state index in [0.29, 0.717) is 5.56 Å². The Morgan fingerprint density at radius 2 is 1.83 bits per heavy atom. The Bertz CT molecular complexity index is 436. The number of carbonyl (C=O) groups excluding carboxylic acids is 1. The van der Waals surface area contributed by atoms with Gasteiger partial charge in [0.05, 0.1) is 0 Å². The third-order valence-electron chi connectivity index (χ3n) is 2.38. The first-order valence-electron chi connectivity index (χ1n) is 5.87. The van der Waals surface area contributed by atoms with E-state index in [2.05, 4.69) is 0 Å². The molecule has 0 saturated heterocycles. The van der Waals surface area contributed by atoms with Gasteiger partial charge < -0.3 is 10.5 Å². The van der Waals surface area contributed by atoms with Crippen molar-refractivity contribution in [3.8, 4) is 0 Å². The molecule has 0 unspecified atom stereocenters. The summed E-state index contributed by atoms with van der Waals surface area (Å²) in [7, 11) is 0. The molecule has 0 aliphatic carbocycles. The Morgan fingerprint density at radius 3 is 2.33 bits per heavy atom. The Labute approximate surface area is 107 Å². The maximum absolute atomic E-state index is 13.5. The van der Waals surface area contributed by atoms with E-state index in [-0.39, 0.29) is 12.2 Å². The Hall–Kier alpha value is -1.42. The van der Waals surface area contributed by atoms with Gasteiger partial charge in [-0.3, -0.25) is 4.79 Å². The molecule has 0 amide bonds. The van der Waals surface area contributed by atoms with Crippen molar-refractivity contribution < 1.29 is 13.9 Å². The lowest BCUT2D eigenvalue weighted by Crippen LogP contribution is -2.50. The largest absolute Gasteiger partial charge is 0.459 e. The van der Waals surface area contributed by atoms with Crippen molar-refractivity contribution in [2.75, 3.05) is 0 Å². The van der Waals surface area contributed by atoms with Crippen molar-refractivity contribution in [3.63, 3.8) is 0 Å². The predicted molar refractivity (Wildman–Crippen MR) is 68.5 cm³/mol. The van der Waals surface area contributed by atoms with E-state index >= 15 is 0 Å². The lowest BCUT2D eigenvalue weighted by molar-refractivity contribution is -0.160. The highest BCUT2D eigenvalue weighted by Gasteiger charge is 2.34. The molecule has 100 valence electrons. The molecule has 1 atom stereocenters. The fraction of sp³-hybridized carbons (Fsp3) is 0.500. The van der Waals surface area contributed by atoms with Gasteiger partial charge in [-0.25, -0.2) is 4.39 Å². The van der Waals surface area contributed by atoms with E-state index in [4.69, 9.17) is 10.5 Å². The lowest BCUT2D eigenvalue weighted by Gasteiger charge is -2.28. The fourth-order valence-electron chi connectivity index (χ4n) is 1.50. The van der Waals surface area contributed by atoms with Gasteiger partial charge in [0.25, 0.3) is 0 Å². The summed E-state index contributed by atoms with van der Waals surface area (Å²) in [5.74, 6) is -0.893. The second-order valence-corrected chi connectivity index (χ2v) is 5.69. The van der Waals surface area contributed by atoms with E-state index < -0.39 is 17.1 Å². The number of rotatable bonds is 3. The summed E-state index contributed by atoms with van der Waals surface area (Å²) in [6, 6.07) is 6.27. The first kappa shape index (κ1) is 14.6. The zero-order valence-corrected chi connectivity index (χ0v) is 11.3. The van der Waals surface area contributed by atoms with Gasteiger partial charge in [-0.2, -0.15) is 0 Å². The number of esters is 1. The molecule has 1 aromatic rings. The molecular formula is C14H20FNO2. The first-order valence-corrected chi connectivity index (χ1v) is 5.87. The van der Waals surface area contributed by atoms with Crippen LogP contribution in [0.5, 0.6) is 0 Å². The highest BCUT2D eigenvalue weighted by molar-refractivity contribution is 5.80. The highest BCUT2D eigenvalue weighted by Crippen LogP contribution is 2.18. The van der Waals surface area contributed by atoms with Gasteiger partial charge >= 0.3 is 5.97 Å². The summed E-state index contributed by atoms with van der Waals surface area (Å²) < 4.78 is 18.7. The maximum Gasteiger partial charge on any atom is 0.326 e. The third kappa shape index (κ3) is 4.11. The van der Waals surface area contributed by atoms with E-state index in [1.807, 2.05) is 0 Å². The molecule has 1 aromatic carbocycles. The molecule has 0 bridgehead atoms. The standard InChI is InChI=1S/C14H20FNO2/c1-13(2,3)18-12(17)14(4,16)9-10-7-5-6-8-11(10)15/h5-8H,9,16H2,1-4H3/t14-/m0/s1. The number of benzene rings is 1. The van der Waals surface area contributed by atoms with Crippen LogP contribution in [0.25, 0.3) is 0 Å². The van der Waals surface area contributed by atoms with Crippen molar-refractivity contribution in [2.24, 2.45) is 5.73 Å². The molecule has 0 heterocycles. The summed E-state index contributed by atoms with van der Waals surface area (Å²) >= 11 is 0. The minimum atomic E-state index is -1.24. The monoisotopic (exact) mass is 253 g/mol. The summed E-state index contributed by atoms with van der Waals surface area (Å²) in [6.07, 6.45) is 0.106. The second kappa shape index (κ2) is 5.06. The summed E-state index contributed by atoms with van der Waals surface area (Å²) in [6.45, 7) is 6.85. The second-order valence-electron chi connectivity index (χ2n) is 5.69. The van der Waals surface area contributed by atoms with Gasteiger partial charge in [-0.05, 0) is 39.3 Å². The number of halogens is 1. The maximum atomic E-state index is 13.5. The Kier molecular flexibility index (Phi) is 4.12. The number of nitrogens with two attached hydrogens (primary N) is 1. The molecule has 0 fully saturated rings. The molecule has 1 rings (SSSR count). The summed E-state index contributed by atoms with van der Waals surface area (Å²) in [5.41, 5.74) is 4.49. The number of hydrogen-bond donors (Lipinski definition) is 1. The Balaban J connectivity index is 2.82. The van der Waals surface area contributed by atoms with Crippen molar-refractivity contribution in [1.82, 2.24) is 0 Å². The smallest absolute Gasteiger partial charge is 0.326 e. The van der Waals surface area contributed by atoms with Crippen molar-refractivity contribution in [3.05, 3.63) is 35.6 Å². The predicted octanol–water partition coefficient (Wildman–Crippen LogP) is 2.43. The van der Waals surface area contributed by atoms with Crippen molar-refractivity contribution in [1.29, 1.82) is 0 Å². The molecule has 3 nitrogen and oxygen atoms in total. The number of carbonyl (C=O) groups is 1. The van der Waals surface area contributed by atoms with Crippen LogP contribution >= 0.6 is 0 Å². The van der Waals surface area contributed by atoms with Crippen LogP contribution in [-0.4, -0.2) is 17.1 Å². The van der Waals surface area contributed by atoms with Crippen LogP contribution in [0.1, 0.15) is 33.3 Å². The van der Waals surface area contributed by atoms with Crippen LogP contribution in [0.15, 0.2) is 24.3 Å². The topological polar surface area (TPSA) is 52.3 Å². The molecule has 2 N–H and O–H groups in total. The van der Waals surface area contributed by atoms with Crippen molar-refractivity contribution >= 4 is 5.97 Å². The van der Waals surface area contributed by atoms with E-state index in [1.165, 1.54) is 6.07 Å². The average molecular weight is 253 g/mol. The van der Waals surface area contributed by atoms with Gasteiger partial charge in [0, 0.05) is 6.42 Å². The van der Waals surface area contributed by atoms with Gasteiger partial charge in [0.2, 0.25) is 0 Å². The minimum Gasteiger partial charge on any atom is -0.459 e. The first-order chi connectivity index (χ1) is 8.12. The van der Waals surface area contributed by atoms with Crippen LogP contribution in [-0.2, 0) is 16.0 Å². The zero-order valence-electron chi connectivity index (χ0n) is 11.3. The molecule has 0 aliphatic rings.